The normalized spacial score (nSPS) is 16.5. The number of likely N-dealkylation sites (tertiary alicyclic amines) is 1. The molecule has 1 aliphatic rings. The molecule has 162 valence electrons. The second-order valence-corrected chi connectivity index (χ2v) is 8.03. The van der Waals surface area contributed by atoms with Crippen molar-refractivity contribution in [2.75, 3.05) is 59.0 Å². The number of carbonyl (C=O) groups excluding carboxylic acids is 1. The van der Waals surface area contributed by atoms with Crippen LogP contribution in [0.5, 0.6) is 0 Å². The van der Waals surface area contributed by atoms with Crippen molar-refractivity contribution in [3.63, 3.8) is 0 Å². The van der Waals surface area contributed by atoms with Crippen molar-refractivity contribution in [3.8, 4) is 11.1 Å². The molecule has 0 saturated carbocycles. The average Bonchev–Trinajstić information content (AvgIpc) is 2.77. The number of aromatic nitrogens is 2. The van der Waals surface area contributed by atoms with Crippen molar-refractivity contribution in [2.24, 2.45) is 0 Å². The highest BCUT2D eigenvalue weighted by Gasteiger charge is 2.28. The van der Waals surface area contributed by atoms with Gasteiger partial charge in [-0.25, -0.2) is 9.97 Å². The van der Waals surface area contributed by atoms with Crippen molar-refractivity contribution in [1.82, 2.24) is 14.9 Å². The molecule has 1 fully saturated rings. The summed E-state index contributed by atoms with van der Waals surface area (Å²) in [5.41, 5.74) is 2.97. The Balaban J connectivity index is 1.82. The van der Waals surface area contributed by atoms with Gasteiger partial charge in [-0.15, -0.1) is 0 Å². The van der Waals surface area contributed by atoms with Crippen molar-refractivity contribution >= 4 is 23.5 Å². The van der Waals surface area contributed by atoms with Gasteiger partial charge in [-0.1, -0.05) is 23.7 Å². The average molecular weight is 433 g/mol. The van der Waals surface area contributed by atoms with Crippen molar-refractivity contribution < 1.29 is 14.3 Å². The lowest BCUT2D eigenvalue weighted by molar-refractivity contribution is -0.137. The number of rotatable bonds is 8. The molecule has 0 N–H and O–H groups in total. The zero-order chi connectivity index (χ0) is 21.5. The van der Waals surface area contributed by atoms with Gasteiger partial charge in [0.15, 0.2) is 0 Å². The summed E-state index contributed by atoms with van der Waals surface area (Å²) in [6.07, 6.45) is 3.77. The van der Waals surface area contributed by atoms with Gasteiger partial charge in [-0.3, -0.25) is 4.79 Å². The molecule has 0 unspecified atom stereocenters. The van der Waals surface area contributed by atoms with E-state index >= 15 is 0 Å². The van der Waals surface area contributed by atoms with Crippen LogP contribution in [0.4, 0.5) is 5.95 Å². The van der Waals surface area contributed by atoms with E-state index in [1.807, 2.05) is 54.4 Å². The molecule has 1 amide bonds. The Hall–Kier alpha value is -2.22. The van der Waals surface area contributed by atoms with Crippen molar-refractivity contribution in [1.29, 1.82) is 0 Å². The molecule has 0 bridgehead atoms. The number of anilines is 1. The largest absolute Gasteiger partial charge is 0.382 e. The number of hydrogen-bond donors (Lipinski definition) is 0. The molecular formula is C22H29ClN4O3. The second kappa shape index (κ2) is 10.7. The van der Waals surface area contributed by atoms with Gasteiger partial charge in [0.05, 0.1) is 18.9 Å². The molecule has 3 rings (SSSR count). The summed E-state index contributed by atoms with van der Waals surface area (Å²) in [6.45, 7) is 2.33. The first-order chi connectivity index (χ1) is 14.5. The van der Waals surface area contributed by atoms with Gasteiger partial charge in [0.2, 0.25) is 11.9 Å². The third-order valence-electron chi connectivity index (χ3n) is 5.18. The number of carbonyl (C=O) groups is 1. The van der Waals surface area contributed by atoms with Crippen molar-refractivity contribution in [3.05, 3.63) is 41.2 Å². The van der Waals surface area contributed by atoms with Crippen LogP contribution in [-0.4, -0.2) is 74.9 Å². The Kier molecular flexibility index (Phi) is 8.01. The SMILES string of the molecule is COCCOCC(=O)N1CCC[C@H](c2nc(N(C)C)ncc2-c2ccc(Cl)cc2)C1. The smallest absolute Gasteiger partial charge is 0.248 e. The summed E-state index contributed by atoms with van der Waals surface area (Å²) >= 11 is 6.07. The van der Waals surface area contributed by atoms with Gasteiger partial charge in [0.1, 0.15) is 6.61 Å². The predicted octanol–water partition coefficient (Wildman–Crippen LogP) is 3.23. The Morgan fingerprint density at radius 2 is 2.03 bits per heavy atom. The van der Waals surface area contributed by atoms with Gasteiger partial charge >= 0.3 is 0 Å². The van der Waals surface area contributed by atoms with E-state index in [0.29, 0.717) is 30.7 Å². The Labute approximate surface area is 183 Å². The Bertz CT molecular complexity index is 845. The first-order valence-electron chi connectivity index (χ1n) is 10.1. The van der Waals surface area contributed by atoms with Crippen molar-refractivity contribution in [2.45, 2.75) is 18.8 Å². The molecule has 7 nitrogen and oxygen atoms in total. The van der Waals surface area contributed by atoms with E-state index in [-0.39, 0.29) is 18.4 Å². The number of nitrogens with zero attached hydrogens (tertiary/aromatic N) is 4. The summed E-state index contributed by atoms with van der Waals surface area (Å²) in [7, 11) is 5.46. The number of benzene rings is 1. The fourth-order valence-corrected chi connectivity index (χ4v) is 3.71. The van der Waals surface area contributed by atoms with E-state index in [1.54, 1.807) is 7.11 Å². The second-order valence-electron chi connectivity index (χ2n) is 7.59. The number of piperidine rings is 1. The van der Waals surface area contributed by atoms with Gasteiger partial charge in [-0.05, 0) is 30.5 Å². The van der Waals surface area contributed by atoms with Crippen LogP contribution in [0.15, 0.2) is 30.5 Å². The minimum absolute atomic E-state index is 0.00531. The summed E-state index contributed by atoms with van der Waals surface area (Å²) < 4.78 is 10.4. The molecule has 1 aromatic heterocycles. The molecule has 1 aliphatic heterocycles. The monoisotopic (exact) mass is 432 g/mol. The van der Waals surface area contributed by atoms with E-state index < -0.39 is 0 Å². The third-order valence-corrected chi connectivity index (χ3v) is 5.43. The molecular weight excluding hydrogens is 404 g/mol. The molecule has 0 spiro atoms. The zero-order valence-electron chi connectivity index (χ0n) is 17.8. The highest BCUT2D eigenvalue weighted by atomic mass is 35.5. The zero-order valence-corrected chi connectivity index (χ0v) is 18.6. The van der Waals surface area contributed by atoms with Gasteiger partial charge in [0.25, 0.3) is 0 Å². The molecule has 0 aliphatic carbocycles. The molecule has 2 aromatic rings. The fourth-order valence-electron chi connectivity index (χ4n) is 3.58. The Morgan fingerprint density at radius 3 is 2.73 bits per heavy atom. The van der Waals surface area contributed by atoms with Crippen LogP contribution < -0.4 is 4.90 Å². The maximum absolute atomic E-state index is 12.6. The first-order valence-corrected chi connectivity index (χ1v) is 10.5. The summed E-state index contributed by atoms with van der Waals surface area (Å²) in [5, 5.41) is 0.689. The summed E-state index contributed by atoms with van der Waals surface area (Å²) in [6, 6.07) is 7.70. The van der Waals surface area contributed by atoms with Crippen LogP contribution >= 0.6 is 11.6 Å². The topological polar surface area (TPSA) is 67.8 Å². The quantitative estimate of drug-likeness (QED) is 0.596. The van der Waals surface area contributed by atoms with Gasteiger partial charge in [-0.2, -0.15) is 0 Å². The fraction of sp³-hybridized carbons (Fsp3) is 0.500. The molecule has 2 heterocycles. The molecule has 0 radical (unpaired) electrons. The standard InChI is InChI=1S/C22H29ClN4O3/c1-26(2)22-24-13-19(16-6-8-18(23)9-7-16)21(25-22)17-5-4-10-27(14-17)20(28)15-30-12-11-29-3/h6-9,13,17H,4-5,10-12,14-15H2,1-3H3/t17-/m0/s1. The number of hydrogen-bond acceptors (Lipinski definition) is 6. The molecule has 1 atom stereocenters. The van der Waals surface area contributed by atoms with Crippen LogP contribution in [0.1, 0.15) is 24.5 Å². The number of halogens is 1. The number of amides is 1. The lowest BCUT2D eigenvalue weighted by Gasteiger charge is -2.33. The lowest BCUT2D eigenvalue weighted by Crippen LogP contribution is -2.41. The molecule has 1 saturated heterocycles. The number of methoxy groups -OCH3 is 1. The van der Waals surface area contributed by atoms with E-state index in [0.717, 1.165) is 36.2 Å². The summed E-state index contributed by atoms with van der Waals surface area (Å²) in [5.74, 6) is 0.800. The van der Waals surface area contributed by atoms with Crippen LogP contribution in [-0.2, 0) is 14.3 Å². The first kappa shape index (κ1) is 22.5. The summed E-state index contributed by atoms with van der Waals surface area (Å²) in [4.78, 5) is 25.8. The molecule has 30 heavy (non-hydrogen) atoms. The van der Waals surface area contributed by atoms with E-state index in [1.165, 1.54) is 0 Å². The maximum atomic E-state index is 12.6. The highest BCUT2D eigenvalue weighted by Crippen LogP contribution is 2.34. The van der Waals surface area contributed by atoms with Crippen LogP contribution in [0, 0.1) is 0 Å². The van der Waals surface area contributed by atoms with Crippen LogP contribution in [0.2, 0.25) is 5.02 Å². The predicted molar refractivity (Wildman–Crippen MR) is 118 cm³/mol. The molecule has 1 aromatic carbocycles. The van der Waals surface area contributed by atoms with Gasteiger partial charge in [0, 0.05) is 57.0 Å². The lowest BCUT2D eigenvalue weighted by atomic mass is 9.90. The minimum Gasteiger partial charge on any atom is -0.382 e. The minimum atomic E-state index is 0.00531. The van der Waals surface area contributed by atoms with E-state index in [2.05, 4.69) is 4.98 Å². The van der Waals surface area contributed by atoms with E-state index in [9.17, 15) is 4.79 Å². The van der Waals surface area contributed by atoms with Gasteiger partial charge < -0.3 is 19.3 Å². The highest BCUT2D eigenvalue weighted by molar-refractivity contribution is 6.30. The third kappa shape index (κ3) is 5.68. The van der Waals surface area contributed by atoms with E-state index in [4.69, 9.17) is 26.1 Å². The Morgan fingerprint density at radius 1 is 1.27 bits per heavy atom. The maximum Gasteiger partial charge on any atom is 0.248 e. The van der Waals surface area contributed by atoms with Crippen LogP contribution in [0.25, 0.3) is 11.1 Å². The molecule has 8 heteroatoms. The van der Waals surface area contributed by atoms with Crippen LogP contribution in [0.3, 0.4) is 0 Å². The number of ether oxygens (including phenoxy) is 2.